The van der Waals surface area contributed by atoms with E-state index in [-0.39, 0.29) is 0 Å². The fraction of sp³-hybridized carbons (Fsp3) is 0.550. The molecule has 2 fully saturated rings. The van der Waals surface area contributed by atoms with E-state index in [0.29, 0.717) is 10.1 Å². The molecule has 33 heavy (non-hydrogen) atoms. The van der Waals surface area contributed by atoms with E-state index in [1.165, 1.54) is 6.08 Å². The second-order valence-corrected chi connectivity index (χ2v) is 8.01. The number of allylic oxidation sites excluding steroid dienone is 1. The Morgan fingerprint density at radius 3 is 2.55 bits per heavy atom. The predicted octanol–water partition coefficient (Wildman–Crippen LogP) is 0.775. The van der Waals surface area contributed by atoms with Gasteiger partial charge < -0.3 is 23.7 Å². The summed E-state index contributed by atoms with van der Waals surface area (Å²) >= 11 is 0. The van der Waals surface area contributed by atoms with Crippen LogP contribution in [0.5, 0.6) is 0 Å². The quantitative estimate of drug-likeness (QED) is 0.319. The molecule has 1 aromatic rings. The largest absolute Gasteiger partial charge is 0.509 e. The first-order valence-electron chi connectivity index (χ1n) is 9.97. The molecule has 1 aromatic heterocycles. The zero-order chi connectivity index (χ0) is 24.5. The Morgan fingerprint density at radius 2 is 1.91 bits per heavy atom. The number of carbonyl (C=O) groups is 3. The Morgan fingerprint density at radius 1 is 1.21 bits per heavy atom. The van der Waals surface area contributed by atoms with Gasteiger partial charge in [-0.25, -0.2) is 23.3 Å². The summed E-state index contributed by atoms with van der Waals surface area (Å²) in [4.78, 5) is 60.2. The average Bonchev–Trinajstić information content (AvgIpc) is 3.23. The van der Waals surface area contributed by atoms with Gasteiger partial charge in [-0.05, 0) is 13.8 Å². The van der Waals surface area contributed by atoms with Crippen LogP contribution < -0.4 is 11.2 Å². The van der Waals surface area contributed by atoms with Crippen molar-refractivity contribution in [2.45, 2.75) is 58.7 Å². The summed E-state index contributed by atoms with van der Waals surface area (Å²) < 4.78 is 41.9. The minimum Gasteiger partial charge on any atom is -0.459 e. The van der Waals surface area contributed by atoms with Crippen LogP contribution in [-0.2, 0) is 40.0 Å². The second kappa shape index (κ2) is 9.17. The number of rotatable bonds is 7. The lowest BCUT2D eigenvalue weighted by Gasteiger charge is -2.24. The first-order chi connectivity index (χ1) is 15.4. The van der Waals surface area contributed by atoms with Crippen molar-refractivity contribution >= 4 is 18.1 Å². The van der Waals surface area contributed by atoms with Crippen molar-refractivity contribution in [1.29, 1.82) is 0 Å². The number of nitrogens with zero attached hydrogens (tertiary/aromatic N) is 2. The molecule has 0 radical (unpaired) electrons. The summed E-state index contributed by atoms with van der Waals surface area (Å²) in [6.07, 6.45) is -3.64. The van der Waals surface area contributed by atoms with Crippen molar-refractivity contribution in [2.24, 2.45) is 5.92 Å². The molecule has 0 saturated carbocycles. The molecule has 0 bridgehead atoms. The van der Waals surface area contributed by atoms with Crippen LogP contribution in [0.1, 0.15) is 33.9 Å². The van der Waals surface area contributed by atoms with Crippen LogP contribution in [0.2, 0.25) is 0 Å². The molecule has 2 aliphatic heterocycles. The third-order valence-corrected chi connectivity index (χ3v) is 4.77. The first-order valence-corrected chi connectivity index (χ1v) is 9.97. The van der Waals surface area contributed by atoms with Crippen LogP contribution in [0, 0.1) is 5.92 Å². The van der Waals surface area contributed by atoms with E-state index < -0.39 is 72.9 Å². The van der Waals surface area contributed by atoms with Crippen molar-refractivity contribution in [3.63, 3.8) is 0 Å². The number of carbonyl (C=O) groups excluding carboxylic acids is 3. The molecule has 0 unspecified atom stereocenters. The van der Waals surface area contributed by atoms with Crippen molar-refractivity contribution in [1.82, 2.24) is 9.13 Å². The Hall–Kier alpha value is -3.48. The molecule has 2 aliphatic rings. The number of esters is 2. The molecule has 13 heteroatoms. The minimum atomic E-state index is -2.82. The topological polar surface area (TPSA) is 141 Å². The molecule has 2 saturated heterocycles. The van der Waals surface area contributed by atoms with Gasteiger partial charge in [0.2, 0.25) is 6.10 Å². The number of hydrogen-bond donors (Lipinski definition) is 0. The lowest BCUT2D eigenvalue weighted by atomic mass is 10.1. The molecule has 4 atom stereocenters. The third-order valence-electron chi connectivity index (χ3n) is 4.77. The zero-order valence-corrected chi connectivity index (χ0v) is 18.3. The third kappa shape index (κ3) is 4.97. The second-order valence-electron chi connectivity index (χ2n) is 8.01. The highest BCUT2D eigenvalue weighted by molar-refractivity contribution is 5.82. The lowest BCUT2D eigenvalue weighted by molar-refractivity contribution is -0.220. The molecule has 0 N–H and O–H groups in total. The van der Waals surface area contributed by atoms with Crippen molar-refractivity contribution < 1.29 is 42.5 Å². The standard InChI is InChI=1S/C20H23FN2O10/c1-10(2)7-13(25)30-9-23-12(24)5-6-22(18(23)27)16-14-15(32-19(28)31-14)20(21,33-16)8-29-17(26)11(3)4/h5-7,11,14-16H,8-9H2,1-4H3/t14-,15+,16-,20-/m1/s1. The van der Waals surface area contributed by atoms with Crippen LogP contribution >= 0.6 is 0 Å². The summed E-state index contributed by atoms with van der Waals surface area (Å²) in [6.45, 7) is 4.76. The highest BCUT2D eigenvalue weighted by atomic mass is 19.2. The number of fused-ring (bicyclic) bond motifs is 1. The summed E-state index contributed by atoms with van der Waals surface area (Å²) in [5, 5.41) is 0. The Bertz CT molecular complexity index is 1100. The molecule has 0 aliphatic carbocycles. The first kappa shape index (κ1) is 24.2. The molecule has 3 heterocycles. The fourth-order valence-electron chi connectivity index (χ4n) is 3.16. The van der Waals surface area contributed by atoms with E-state index in [1.54, 1.807) is 27.7 Å². The van der Waals surface area contributed by atoms with E-state index in [2.05, 4.69) is 0 Å². The van der Waals surface area contributed by atoms with Crippen LogP contribution in [-0.4, -0.2) is 51.9 Å². The van der Waals surface area contributed by atoms with Gasteiger partial charge in [-0.1, -0.05) is 19.4 Å². The number of alkyl halides is 1. The van der Waals surface area contributed by atoms with E-state index in [0.717, 1.165) is 16.8 Å². The molecule has 12 nitrogen and oxygen atoms in total. The maximum absolute atomic E-state index is 15.6. The summed E-state index contributed by atoms with van der Waals surface area (Å²) in [6, 6.07) is 0.961. The van der Waals surface area contributed by atoms with Gasteiger partial charge in [0.05, 0.1) is 5.92 Å². The maximum Gasteiger partial charge on any atom is 0.509 e. The summed E-state index contributed by atoms with van der Waals surface area (Å²) in [7, 11) is 0. The Labute approximate surface area is 186 Å². The van der Waals surface area contributed by atoms with Gasteiger partial charge in [0, 0.05) is 18.3 Å². The van der Waals surface area contributed by atoms with Crippen LogP contribution in [0.3, 0.4) is 0 Å². The smallest absolute Gasteiger partial charge is 0.459 e. The van der Waals surface area contributed by atoms with E-state index in [9.17, 15) is 24.0 Å². The molecule has 0 amide bonds. The SMILES string of the molecule is CC(C)=CC(=O)OCn1c(=O)ccn([C@@H]2O[C@](F)(COC(=O)C(C)C)[C@H]3OC(=O)O[C@@H]23)c1=O. The van der Waals surface area contributed by atoms with E-state index in [4.69, 9.17) is 23.7 Å². The highest BCUT2D eigenvalue weighted by Gasteiger charge is 2.65. The summed E-state index contributed by atoms with van der Waals surface area (Å²) in [5.41, 5.74) is -1.18. The van der Waals surface area contributed by atoms with Gasteiger partial charge in [0.15, 0.2) is 25.7 Å². The number of aromatic nitrogens is 2. The van der Waals surface area contributed by atoms with E-state index >= 15 is 4.39 Å². The van der Waals surface area contributed by atoms with Crippen LogP contribution in [0.25, 0.3) is 0 Å². The van der Waals surface area contributed by atoms with Gasteiger partial charge in [0.1, 0.15) is 0 Å². The van der Waals surface area contributed by atoms with Crippen LogP contribution in [0.15, 0.2) is 33.5 Å². The van der Waals surface area contributed by atoms with Gasteiger partial charge in [-0.3, -0.25) is 14.2 Å². The molecule has 180 valence electrons. The number of halogens is 1. The lowest BCUT2D eigenvalue weighted by Crippen LogP contribution is -2.43. The number of hydrogen-bond acceptors (Lipinski definition) is 10. The minimum absolute atomic E-state index is 0.552. The van der Waals surface area contributed by atoms with Gasteiger partial charge in [-0.15, -0.1) is 0 Å². The van der Waals surface area contributed by atoms with E-state index in [1.807, 2.05) is 0 Å². The highest BCUT2D eigenvalue weighted by Crippen LogP contribution is 2.44. The number of ether oxygens (including phenoxy) is 5. The molecule has 0 spiro atoms. The van der Waals surface area contributed by atoms with Gasteiger partial charge in [-0.2, -0.15) is 0 Å². The molecule has 3 rings (SSSR count). The summed E-state index contributed by atoms with van der Waals surface area (Å²) in [5.74, 6) is -4.86. The molecule has 0 aromatic carbocycles. The zero-order valence-electron chi connectivity index (χ0n) is 18.3. The van der Waals surface area contributed by atoms with Gasteiger partial charge in [0.25, 0.3) is 11.4 Å². The normalized spacial score (nSPS) is 25.8. The monoisotopic (exact) mass is 470 g/mol. The predicted molar refractivity (Wildman–Crippen MR) is 105 cm³/mol. The molecular formula is C20H23FN2O10. The van der Waals surface area contributed by atoms with Crippen molar-refractivity contribution in [3.8, 4) is 0 Å². The Balaban J connectivity index is 1.89. The molecular weight excluding hydrogens is 447 g/mol. The Kier molecular flexibility index (Phi) is 6.72. The average molecular weight is 470 g/mol. The van der Waals surface area contributed by atoms with Gasteiger partial charge >= 0.3 is 23.8 Å². The maximum atomic E-state index is 15.6. The van der Waals surface area contributed by atoms with Crippen LogP contribution in [0.4, 0.5) is 9.18 Å². The van der Waals surface area contributed by atoms with Crippen molar-refractivity contribution in [3.05, 3.63) is 44.8 Å². The fourth-order valence-corrected chi connectivity index (χ4v) is 3.16. The van der Waals surface area contributed by atoms with Crippen molar-refractivity contribution in [2.75, 3.05) is 6.61 Å².